The number of aliphatic hydroxyl groups is 1. The van der Waals surface area contributed by atoms with Gasteiger partial charge in [-0.2, -0.15) is 0 Å². The molecule has 1 aromatic carbocycles. The van der Waals surface area contributed by atoms with Crippen LogP contribution in [0.4, 0.5) is 0 Å². The predicted molar refractivity (Wildman–Crippen MR) is 55.5 cm³/mol. The molecule has 1 rings (SSSR count). The van der Waals surface area contributed by atoms with Crippen LogP contribution in [0.25, 0.3) is 0 Å². The van der Waals surface area contributed by atoms with Gasteiger partial charge < -0.3 is 5.11 Å². The van der Waals surface area contributed by atoms with Crippen LogP contribution >= 0.6 is 0 Å². The van der Waals surface area contributed by atoms with E-state index in [0.717, 1.165) is 12.0 Å². The fourth-order valence-corrected chi connectivity index (χ4v) is 1.37. The number of aliphatic hydroxyl groups excluding tert-OH is 1. The van der Waals surface area contributed by atoms with E-state index in [-0.39, 0.29) is 6.61 Å². The number of hydrogen-bond acceptors (Lipinski definition) is 1. The summed E-state index contributed by atoms with van der Waals surface area (Å²) in [5, 5.41) is 8.68. The summed E-state index contributed by atoms with van der Waals surface area (Å²) in [7, 11) is 0. The summed E-state index contributed by atoms with van der Waals surface area (Å²) in [6, 6.07) is 8.35. The van der Waals surface area contributed by atoms with Gasteiger partial charge in [0.15, 0.2) is 0 Å². The van der Waals surface area contributed by atoms with Crippen molar-refractivity contribution in [1.29, 1.82) is 0 Å². The van der Waals surface area contributed by atoms with Crippen molar-refractivity contribution in [3.63, 3.8) is 0 Å². The second-order valence-electron chi connectivity index (χ2n) is 3.73. The molecule has 0 atom stereocenters. The van der Waals surface area contributed by atoms with E-state index in [1.54, 1.807) is 6.42 Å². The Balaban J connectivity index is 2.59. The molecule has 0 unspecified atom stereocenters. The zero-order valence-corrected chi connectivity index (χ0v) is 8.33. The summed E-state index contributed by atoms with van der Waals surface area (Å²) in [4.78, 5) is 0. The summed E-state index contributed by atoms with van der Waals surface area (Å²) in [6.45, 7) is 4.55. The Kier molecular flexibility index (Phi) is 3.97. The fourth-order valence-electron chi connectivity index (χ4n) is 1.37. The van der Waals surface area contributed by atoms with Crippen molar-refractivity contribution in [3.05, 3.63) is 41.8 Å². The molecule has 1 N–H and O–H groups in total. The molecule has 0 aromatic heterocycles. The Morgan fingerprint density at radius 1 is 1.23 bits per heavy atom. The van der Waals surface area contributed by atoms with Crippen LogP contribution in [-0.2, 0) is 6.42 Å². The number of rotatable bonds is 4. The van der Waals surface area contributed by atoms with E-state index >= 15 is 0 Å². The van der Waals surface area contributed by atoms with Crippen molar-refractivity contribution in [2.75, 3.05) is 6.61 Å². The topological polar surface area (TPSA) is 20.2 Å². The van der Waals surface area contributed by atoms with Gasteiger partial charge in [-0.05, 0) is 23.5 Å². The molecule has 0 bridgehead atoms. The Hall–Kier alpha value is -0.820. The highest BCUT2D eigenvalue weighted by Crippen LogP contribution is 2.10. The zero-order valence-electron chi connectivity index (χ0n) is 8.33. The van der Waals surface area contributed by atoms with Crippen molar-refractivity contribution in [1.82, 2.24) is 0 Å². The van der Waals surface area contributed by atoms with Gasteiger partial charge in [0.1, 0.15) is 0 Å². The molecular weight excluding hydrogens is 160 g/mol. The minimum absolute atomic E-state index is 0.115. The van der Waals surface area contributed by atoms with Gasteiger partial charge in [-0.1, -0.05) is 38.1 Å². The Morgan fingerprint density at radius 2 is 1.85 bits per heavy atom. The van der Waals surface area contributed by atoms with E-state index in [1.165, 1.54) is 5.56 Å². The van der Waals surface area contributed by atoms with E-state index in [0.29, 0.717) is 5.92 Å². The Labute approximate surface area is 80.4 Å². The molecule has 0 spiro atoms. The lowest BCUT2D eigenvalue weighted by atomic mass is 10.0. The first-order valence-corrected chi connectivity index (χ1v) is 4.75. The summed E-state index contributed by atoms with van der Waals surface area (Å²) in [5.41, 5.74) is 2.46. The monoisotopic (exact) mass is 177 g/mol. The van der Waals surface area contributed by atoms with Gasteiger partial charge in [-0.15, -0.1) is 0 Å². The van der Waals surface area contributed by atoms with E-state index in [1.807, 2.05) is 12.1 Å². The van der Waals surface area contributed by atoms with Crippen molar-refractivity contribution in [3.8, 4) is 0 Å². The smallest absolute Gasteiger partial charge is 0.0506 e. The zero-order chi connectivity index (χ0) is 9.68. The molecule has 0 saturated carbocycles. The minimum atomic E-state index is 0.115. The highest BCUT2D eigenvalue weighted by Gasteiger charge is 1.97. The van der Waals surface area contributed by atoms with Crippen LogP contribution in [0.1, 0.15) is 25.0 Å². The van der Waals surface area contributed by atoms with Gasteiger partial charge in [-0.3, -0.25) is 0 Å². The molecule has 0 aliphatic heterocycles. The molecular formula is C12H17O. The molecule has 0 saturated heterocycles. The molecule has 1 aromatic rings. The van der Waals surface area contributed by atoms with Gasteiger partial charge in [-0.25, -0.2) is 0 Å². The van der Waals surface area contributed by atoms with Crippen molar-refractivity contribution in [2.24, 2.45) is 5.92 Å². The maximum atomic E-state index is 8.68. The van der Waals surface area contributed by atoms with Crippen LogP contribution in [0.2, 0.25) is 0 Å². The van der Waals surface area contributed by atoms with Gasteiger partial charge in [0, 0.05) is 6.42 Å². The summed E-state index contributed by atoms with van der Waals surface area (Å²) >= 11 is 0. The third kappa shape index (κ3) is 3.60. The van der Waals surface area contributed by atoms with E-state index in [2.05, 4.69) is 26.0 Å². The molecule has 0 heterocycles. The highest BCUT2D eigenvalue weighted by molar-refractivity contribution is 5.27. The van der Waals surface area contributed by atoms with Gasteiger partial charge in [0.25, 0.3) is 0 Å². The number of hydrogen-bond donors (Lipinski definition) is 1. The second-order valence-corrected chi connectivity index (χ2v) is 3.73. The van der Waals surface area contributed by atoms with E-state index < -0.39 is 0 Å². The average molecular weight is 177 g/mol. The molecule has 71 valence electrons. The van der Waals surface area contributed by atoms with Crippen LogP contribution in [0.3, 0.4) is 0 Å². The van der Waals surface area contributed by atoms with Crippen LogP contribution in [0.15, 0.2) is 24.3 Å². The largest absolute Gasteiger partial charge is 0.396 e. The standard InChI is InChI=1S/C12H17O/c1-10(2)9-12-5-3-11(4-6-12)7-8-13/h3-7,10,13H,8-9H2,1-2H3. The first-order chi connectivity index (χ1) is 6.22. The molecule has 1 nitrogen and oxygen atoms in total. The lowest BCUT2D eigenvalue weighted by Gasteiger charge is -2.05. The highest BCUT2D eigenvalue weighted by atomic mass is 16.2. The van der Waals surface area contributed by atoms with Gasteiger partial charge >= 0.3 is 0 Å². The maximum absolute atomic E-state index is 8.68. The number of benzene rings is 1. The molecule has 0 aliphatic rings. The molecule has 0 amide bonds. The van der Waals surface area contributed by atoms with Gasteiger partial charge in [0.2, 0.25) is 0 Å². The molecule has 1 radical (unpaired) electrons. The van der Waals surface area contributed by atoms with Crippen molar-refractivity contribution >= 4 is 0 Å². The molecule has 13 heavy (non-hydrogen) atoms. The van der Waals surface area contributed by atoms with Crippen LogP contribution in [0, 0.1) is 12.3 Å². The van der Waals surface area contributed by atoms with Crippen LogP contribution < -0.4 is 0 Å². The summed E-state index contributed by atoms with van der Waals surface area (Å²) < 4.78 is 0. The minimum Gasteiger partial charge on any atom is -0.396 e. The molecule has 0 fully saturated rings. The summed E-state index contributed by atoms with van der Waals surface area (Å²) in [5.74, 6) is 0.702. The first-order valence-electron chi connectivity index (χ1n) is 4.75. The predicted octanol–water partition coefficient (Wildman–Crippen LogP) is 2.43. The third-order valence-corrected chi connectivity index (χ3v) is 1.95. The quantitative estimate of drug-likeness (QED) is 0.749. The molecule has 1 heteroatoms. The molecule has 0 aliphatic carbocycles. The third-order valence-electron chi connectivity index (χ3n) is 1.95. The first kappa shape index (κ1) is 10.3. The Bertz CT molecular complexity index is 236. The van der Waals surface area contributed by atoms with Crippen molar-refractivity contribution < 1.29 is 5.11 Å². The lowest BCUT2D eigenvalue weighted by Crippen LogP contribution is -1.94. The van der Waals surface area contributed by atoms with E-state index in [4.69, 9.17) is 5.11 Å². The normalized spacial score (nSPS) is 10.8. The van der Waals surface area contributed by atoms with Gasteiger partial charge in [0.05, 0.1) is 6.61 Å². The van der Waals surface area contributed by atoms with Crippen LogP contribution in [-0.4, -0.2) is 11.7 Å². The second kappa shape index (κ2) is 5.03. The summed E-state index contributed by atoms with van der Waals surface area (Å²) in [6.07, 6.45) is 2.93. The SMILES string of the molecule is CC(C)Cc1ccc([CH]CO)cc1. The Morgan fingerprint density at radius 3 is 2.31 bits per heavy atom. The fraction of sp³-hybridized carbons (Fsp3) is 0.417. The van der Waals surface area contributed by atoms with E-state index in [9.17, 15) is 0 Å². The van der Waals surface area contributed by atoms with Crippen molar-refractivity contribution in [2.45, 2.75) is 20.3 Å². The lowest BCUT2D eigenvalue weighted by molar-refractivity contribution is 0.331. The average Bonchev–Trinajstić information content (AvgIpc) is 2.08. The maximum Gasteiger partial charge on any atom is 0.0506 e. The van der Waals surface area contributed by atoms with Crippen LogP contribution in [0.5, 0.6) is 0 Å².